The van der Waals surface area contributed by atoms with Crippen LogP contribution < -0.4 is 10.1 Å². The third-order valence-corrected chi connectivity index (χ3v) is 2.42. The summed E-state index contributed by atoms with van der Waals surface area (Å²) in [5.41, 5.74) is 1.28. The molecule has 0 aliphatic heterocycles. The van der Waals surface area contributed by atoms with Crippen LogP contribution in [0.3, 0.4) is 0 Å². The van der Waals surface area contributed by atoms with E-state index in [2.05, 4.69) is 31.3 Å². The molecule has 0 bridgehead atoms. The number of nitrogens with one attached hydrogen (secondary N) is 1. The highest BCUT2D eigenvalue weighted by atomic mass is 16.7. The first kappa shape index (κ1) is 13.0. The van der Waals surface area contributed by atoms with E-state index in [9.17, 15) is 0 Å². The lowest BCUT2D eigenvalue weighted by Gasteiger charge is -2.14. The first-order chi connectivity index (χ1) is 7.77. The van der Waals surface area contributed by atoms with Gasteiger partial charge >= 0.3 is 0 Å². The fraction of sp³-hybridized carbons (Fsp3) is 0.538. The van der Waals surface area contributed by atoms with Gasteiger partial charge in [-0.15, -0.1) is 0 Å². The Morgan fingerprint density at radius 1 is 1.25 bits per heavy atom. The molecular formula is C13H21NO2. The minimum atomic E-state index is 0.295. The number of benzene rings is 1. The van der Waals surface area contributed by atoms with E-state index in [0.29, 0.717) is 12.8 Å². The van der Waals surface area contributed by atoms with Gasteiger partial charge in [0, 0.05) is 13.2 Å². The number of hydrogen-bond acceptors (Lipinski definition) is 3. The topological polar surface area (TPSA) is 30.5 Å². The Labute approximate surface area is 97.8 Å². The van der Waals surface area contributed by atoms with Gasteiger partial charge in [-0.1, -0.05) is 19.1 Å². The number of rotatable bonds is 7. The summed E-state index contributed by atoms with van der Waals surface area (Å²) < 4.78 is 10.2. The van der Waals surface area contributed by atoms with Crippen molar-refractivity contribution in [1.29, 1.82) is 0 Å². The van der Waals surface area contributed by atoms with Gasteiger partial charge in [0.2, 0.25) is 0 Å². The molecule has 1 rings (SSSR count). The molecule has 90 valence electrons. The molecule has 1 N–H and O–H groups in total. The zero-order chi connectivity index (χ0) is 11.8. The minimum Gasteiger partial charge on any atom is -0.468 e. The molecule has 0 saturated heterocycles. The second-order valence-electron chi connectivity index (χ2n) is 3.80. The molecular weight excluding hydrogens is 202 g/mol. The Bertz CT molecular complexity index is 284. The van der Waals surface area contributed by atoms with E-state index < -0.39 is 0 Å². The van der Waals surface area contributed by atoms with Crippen molar-refractivity contribution in [1.82, 2.24) is 5.32 Å². The van der Waals surface area contributed by atoms with Gasteiger partial charge in [-0.2, -0.15) is 0 Å². The molecule has 3 heteroatoms. The summed E-state index contributed by atoms with van der Waals surface area (Å²) in [5, 5.41) is 3.45. The van der Waals surface area contributed by atoms with Crippen LogP contribution in [0, 0.1) is 0 Å². The summed E-state index contributed by atoms with van der Waals surface area (Å²) in [4.78, 5) is 0. The molecule has 0 fully saturated rings. The van der Waals surface area contributed by atoms with Gasteiger partial charge in [-0.05, 0) is 37.6 Å². The molecule has 1 unspecified atom stereocenters. The van der Waals surface area contributed by atoms with Crippen LogP contribution in [0.15, 0.2) is 24.3 Å². The van der Waals surface area contributed by atoms with Crippen molar-refractivity contribution in [3.63, 3.8) is 0 Å². The van der Waals surface area contributed by atoms with E-state index in [1.807, 2.05) is 12.1 Å². The predicted molar refractivity (Wildman–Crippen MR) is 65.7 cm³/mol. The number of ether oxygens (including phenoxy) is 2. The van der Waals surface area contributed by atoms with Crippen LogP contribution >= 0.6 is 0 Å². The number of hydrogen-bond donors (Lipinski definition) is 1. The highest BCUT2D eigenvalue weighted by Crippen LogP contribution is 2.17. The normalized spacial score (nSPS) is 12.4. The maximum atomic E-state index is 5.33. The fourth-order valence-corrected chi connectivity index (χ4v) is 1.46. The summed E-state index contributed by atoms with van der Waals surface area (Å²) in [5.74, 6) is 0.841. The van der Waals surface area contributed by atoms with Crippen molar-refractivity contribution >= 4 is 0 Å². The van der Waals surface area contributed by atoms with Crippen LogP contribution in [0.25, 0.3) is 0 Å². The SMILES string of the molecule is CCCNC(C)c1ccc(OCOC)cc1. The van der Waals surface area contributed by atoms with Crippen molar-refractivity contribution < 1.29 is 9.47 Å². The lowest BCUT2D eigenvalue weighted by Crippen LogP contribution is -2.19. The molecule has 0 aliphatic rings. The second kappa shape index (κ2) is 7.25. The van der Waals surface area contributed by atoms with Crippen LogP contribution in [0.2, 0.25) is 0 Å². The maximum absolute atomic E-state index is 5.33. The lowest BCUT2D eigenvalue weighted by atomic mass is 10.1. The second-order valence-corrected chi connectivity index (χ2v) is 3.80. The summed E-state index contributed by atoms with van der Waals surface area (Å²) in [6.07, 6.45) is 1.15. The summed E-state index contributed by atoms with van der Waals surface area (Å²) in [6, 6.07) is 8.49. The molecule has 0 radical (unpaired) electrons. The van der Waals surface area contributed by atoms with Crippen LogP contribution in [0.4, 0.5) is 0 Å². The summed E-state index contributed by atoms with van der Waals surface area (Å²) in [7, 11) is 1.62. The van der Waals surface area contributed by atoms with E-state index >= 15 is 0 Å². The van der Waals surface area contributed by atoms with Crippen LogP contribution in [-0.2, 0) is 4.74 Å². The summed E-state index contributed by atoms with van der Waals surface area (Å²) >= 11 is 0. The lowest BCUT2D eigenvalue weighted by molar-refractivity contribution is 0.0511. The smallest absolute Gasteiger partial charge is 0.188 e. The molecule has 0 saturated carbocycles. The Morgan fingerprint density at radius 2 is 1.94 bits per heavy atom. The van der Waals surface area contributed by atoms with E-state index in [1.54, 1.807) is 7.11 Å². The predicted octanol–water partition coefficient (Wildman–Crippen LogP) is 2.73. The van der Waals surface area contributed by atoms with Gasteiger partial charge in [0.1, 0.15) is 5.75 Å². The van der Waals surface area contributed by atoms with Gasteiger partial charge in [0.05, 0.1) is 0 Å². The summed E-state index contributed by atoms with van der Waals surface area (Å²) in [6.45, 7) is 5.67. The molecule has 1 aromatic carbocycles. The Hall–Kier alpha value is -1.06. The largest absolute Gasteiger partial charge is 0.468 e. The van der Waals surface area contributed by atoms with Gasteiger partial charge in [-0.3, -0.25) is 0 Å². The highest BCUT2D eigenvalue weighted by Gasteiger charge is 2.03. The monoisotopic (exact) mass is 223 g/mol. The van der Waals surface area contributed by atoms with E-state index in [0.717, 1.165) is 18.7 Å². The fourth-order valence-electron chi connectivity index (χ4n) is 1.46. The first-order valence-corrected chi connectivity index (χ1v) is 5.73. The Kier molecular flexibility index (Phi) is 5.90. The van der Waals surface area contributed by atoms with Crippen molar-refractivity contribution in [3.05, 3.63) is 29.8 Å². The zero-order valence-corrected chi connectivity index (χ0v) is 10.3. The van der Waals surface area contributed by atoms with E-state index in [-0.39, 0.29) is 0 Å². The Balaban J connectivity index is 2.49. The molecule has 0 heterocycles. The van der Waals surface area contributed by atoms with Gasteiger partial charge in [0.25, 0.3) is 0 Å². The highest BCUT2D eigenvalue weighted by molar-refractivity contribution is 5.28. The van der Waals surface area contributed by atoms with Crippen molar-refractivity contribution in [2.45, 2.75) is 26.3 Å². The van der Waals surface area contributed by atoms with E-state index in [1.165, 1.54) is 5.56 Å². The Morgan fingerprint density at radius 3 is 2.50 bits per heavy atom. The maximum Gasteiger partial charge on any atom is 0.188 e. The average Bonchev–Trinajstić information content (AvgIpc) is 2.34. The van der Waals surface area contributed by atoms with Gasteiger partial charge in [-0.25, -0.2) is 0 Å². The van der Waals surface area contributed by atoms with Crippen molar-refractivity contribution in [3.8, 4) is 5.75 Å². The molecule has 0 aromatic heterocycles. The van der Waals surface area contributed by atoms with Gasteiger partial charge < -0.3 is 14.8 Å². The molecule has 3 nitrogen and oxygen atoms in total. The van der Waals surface area contributed by atoms with Crippen molar-refractivity contribution in [2.75, 3.05) is 20.4 Å². The molecule has 1 atom stereocenters. The molecule has 16 heavy (non-hydrogen) atoms. The molecule has 1 aromatic rings. The van der Waals surface area contributed by atoms with Crippen molar-refractivity contribution in [2.24, 2.45) is 0 Å². The third kappa shape index (κ3) is 4.21. The average molecular weight is 223 g/mol. The molecule has 0 spiro atoms. The van der Waals surface area contributed by atoms with Gasteiger partial charge in [0.15, 0.2) is 6.79 Å². The standard InChI is InChI=1S/C13H21NO2/c1-4-9-14-11(2)12-5-7-13(8-6-12)16-10-15-3/h5-8,11,14H,4,9-10H2,1-3H3. The van der Waals surface area contributed by atoms with E-state index in [4.69, 9.17) is 9.47 Å². The quantitative estimate of drug-likeness (QED) is 0.721. The molecule has 0 amide bonds. The minimum absolute atomic E-state index is 0.295. The van der Waals surface area contributed by atoms with Crippen LogP contribution in [-0.4, -0.2) is 20.4 Å². The third-order valence-electron chi connectivity index (χ3n) is 2.42. The first-order valence-electron chi connectivity index (χ1n) is 5.73. The number of methoxy groups -OCH3 is 1. The zero-order valence-electron chi connectivity index (χ0n) is 10.3. The van der Waals surface area contributed by atoms with Crippen LogP contribution in [0.5, 0.6) is 5.75 Å². The van der Waals surface area contributed by atoms with Crippen LogP contribution in [0.1, 0.15) is 31.9 Å². The molecule has 0 aliphatic carbocycles.